The highest BCUT2D eigenvalue weighted by molar-refractivity contribution is 6.21. The number of benzene rings is 1. The van der Waals surface area contributed by atoms with Crippen LogP contribution in [0.5, 0.6) is 0 Å². The lowest BCUT2D eigenvalue weighted by atomic mass is 10.0. The molecule has 1 heterocycles. The zero-order valence-corrected chi connectivity index (χ0v) is 8.41. The van der Waals surface area contributed by atoms with Crippen LogP contribution in [0, 0.1) is 0 Å². The van der Waals surface area contributed by atoms with Gasteiger partial charge in [-0.1, -0.05) is 30.3 Å². The second kappa shape index (κ2) is 4.01. The molecule has 2 rings (SSSR count). The van der Waals surface area contributed by atoms with Crippen LogP contribution in [-0.4, -0.2) is 11.3 Å². The summed E-state index contributed by atoms with van der Waals surface area (Å²) in [5, 5.41) is -0.102. The van der Waals surface area contributed by atoms with Crippen LogP contribution in [-0.2, 0) is 9.53 Å². The molecule has 1 aromatic carbocycles. The Morgan fingerprint density at radius 1 is 1.29 bits per heavy atom. The molecule has 1 saturated heterocycles. The molecular formula is C11H11ClO2. The molecule has 2 atom stereocenters. The molecule has 3 heteroatoms. The first-order chi connectivity index (χ1) is 6.77. The Kier molecular flexibility index (Phi) is 2.73. The van der Waals surface area contributed by atoms with Gasteiger partial charge in [0.15, 0.2) is 0 Å². The summed E-state index contributed by atoms with van der Waals surface area (Å²) in [6.07, 6.45) is 0.844. The highest BCUT2D eigenvalue weighted by Gasteiger charge is 2.30. The van der Waals surface area contributed by atoms with Gasteiger partial charge in [0.25, 0.3) is 0 Å². The Hall–Kier alpha value is -1.02. The third-order valence-electron chi connectivity index (χ3n) is 2.34. The quantitative estimate of drug-likeness (QED) is 0.526. The third-order valence-corrected chi connectivity index (χ3v) is 2.79. The summed E-state index contributed by atoms with van der Waals surface area (Å²) in [5.74, 6) is -0.157. The number of cyclic esters (lactones) is 1. The minimum Gasteiger partial charge on any atom is -0.456 e. The number of rotatable bonds is 1. The zero-order chi connectivity index (χ0) is 9.97. The molecule has 0 radical (unpaired) electrons. The summed E-state index contributed by atoms with van der Waals surface area (Å²) < 4.78 is 5.21. The maximum Gasteiger partial charge on any atom is 0.306 e. The molecule has 0 aliphatic carbocycles. The minimum absolute atomic E-state index is 0.102. The number of alkyl halides is 1. The van der Waals surface area contributed by atoms with Crippen LogP contribution in [0.15, 0.2) is 30.3 Å². The predicted octanol–water partition coefficient (Wildman–Crippen LogP) is 2.67. The Bertz CT molecular complexity index is 323. The predicted molar refractivity (Wildman–Crippen MR) is 54.2 cm³/mol. The minimum atomic E-state index is -0.279. The lowest BCUT2D eigenvalue weighted by Gasteiger charge is -2.27. The SMILES string of the molecule is O=C1CC[C@H](Cl)[C@@H](c2ccccc2)O1. The highest BCUT2D eigenvalue weighted by Crippen LogP contribution is 2.32. The number of hydrogen-bond donors (Lipinski definition) is 0. The van der Waals surface area contributed by atoms with E-state index < -0.39 is 0 Å². The molecule has 14 heavy (non-hydrogen) atoms. The summed E-state index contributed by atoms with van der Waals surface area (Å²) in [4.78, 5) is 11.1. The molecule has 2 nitrogen and oxygen atoms in total. The summed E-state index contributed by atoms with van der Waals surface area (Å²) >= 11 is 6.11. The van der Waals surface area contributed by atoms with Crippen LogP contribution in [0.3, 0.4) is 0 Å². The molecule has 1 aliphatic rings. The molecule has 74 valence electrons. The number of halogens is 1. The van der Waals surface area contributed by atoms with E-state index in [1.54, 1.807) is 0 Å². The number of hydrogen-bond acceptors (Lipinski definition) is 2. The molecule has 0 saturated carbocycles. The van der Waals surface area contributed by atoms with Crippen LogP contribution < -0.4 is 0 Å². The van der Waals surface area contributed by atoms with Crippen LogP contribution in [0.1, 0.15) is 24.5 Å². The molecule has 1 fully saturated rings. The Balaban J connectivity index is 2.20. The van der Waals surface area contributed by atoms with Crippen molar-refractivity contribution in [2.45, 2.75) is 24.3 Å². The largest absolute Gasteiger partial charge is 0.456 e. The van der Waals surface area contributed by atoms with Crippen LogP contribution in [0.2, 0.25) is 0 Å². The monoisotopic (exact) mass is 210 g/mol. The first kappa shape index (κ1) is 9.53. The van der Waals surface area contributed by atoms with Crippen molar-refractivity contribution in [3.05, 3.63) is 35.9 Å². The number of carbonyl (C=O) groups excluding carboxylic acids is 1. The van der Waals surface area contributed by atoms with Crippen molar-refractivity contribution in [3.8, 4) is 0 Å². The molecule has 0 unspecified atom stereocenters. The van der Waals surface area contributed by atoms with Gasteiger partial charge in [0.2, 0.25) is 0 Å². The molecule has 0 N–H and O–H groups in total. The smallest absolute Gasteiger partial charge is 0.306 e. The first-order valence-electron chi connectivity index (χ1n) is 4.66. The number of esters is 1. The fraction of sp³-hybridized carbons (Fsp3) is 0.364. The van der Waals surface area contributed by atoms with Crippen molar-refractivity contribution in [2.24, 2.45) is 0 Å². The van der Waals surface area contributed by atoms with Gasteiger partial charge < -0.3 is 4.74 Å². The van der Waals surface area contributed by atoms with Crippen molar-refractivity contribution in [1.82, 2.24) is 0 Å². The van der Waals surface area contributed by atoms with Gasteiger partial charge in [-0.2, -0.15) is 0 Å². The van der Waals surface area contributed by atoms with Gasteiger partial charge in [-0.3, -0.25) is 4.79 Å². The molecule has 1 aromatic rings. The number of ether oxygens (including phenoxy) is 1. The normalized spacial score (nSPS) is 27.1. The van der Waals surface area contributed by atoms with E-state index in [2.05, 4.69) is 0 Å². The lowest BCUT2D eigenvalue weighted by Crippen LogP contribution is -2.26. The molecule has 0 bridgehead atoms. The van der Waals surface area contributed by atoms with E-state index >= 15 is 0 Å². The summed E-state index contributed by atoms with van der Waals surface area (Å²) in [6, 6.07) is 9.62. The molecule has 0 spiro atoms. The molecular weight excluding hydrogens is 200 g/mol. The van der Waals surface area contributed by atoms with Gasteiger partial charge in [-0.15, -0.1) is 11.6 Å². The van der Waals surface area contributed by atoms with Gasteiger partial charge >= 0.3 is 5.97 Å². The van der Waals surface area contributed by atoms with Crippen LogP contribution in [0.4, 0.5) is 0 Å². The standard InChI is InChI=1S/C11H11ClO2/c12-9-6-7-10(13)14-11(9)8-4-2-1-3-5-8/h1-5,9,11H,6-7H2/t9-,11+/m0/s1. The Morgan fingerprint density at radius 2 is 2.00 bits per heavy atom. The summed E-state index contributed by atoms with van der Waals surface area (Å²) in [7, 11) is 0. The van der Waals surface area contributed by atoms with Gasteiger partial charge in [-0.25, -0.2) is 0 Å². The van der Waals surface area contributed by atoms with Crippen LogP contribution >= 0.6 is 11.6 Å². The van der Waals surface area contributed by atoms with Crippen molar-refractivity contribution in [3.63, 3.8) is 0 Å². The second-order valence-corrected chi connectivity index (χ2v) is 3.94. The zero-order valence-electron chi connectivity index (χ0n) is 7.65. The van der Waals surface area contributed by atoms with Gasteiger partial charge in [0, 0.05) is 6.42 Å². The van der Waals surface area contributed by atoms with Gasteiger partial charge in [0.05, 0.1) is 5.38 Å². The van der Waals surface area contributed by atoms with E-state index in [4.69, 9.17) is 16.3 Å². The van der Waals surface area contributed by atoms with Crippen LogP contribution in [0.25, 0.3) is 0 Å². The van der Waals surface area contributed by atoms with E-state index in [1.807, 2.05) is 30.3 Å². The summed E-state index contributed by atoms with van der Waals surface area (Å²) in [6.45, 7) is 0. The maximum atomic E-state index is 11.1. The molecule has 0 amide bonds. The van der Waals surface area contributed by atoms with Crippen molar-refractivity contribution >= 4 is 17.6 Å². The maximum absolute atomic E-state index is 11.1. The number of carbonyl (C=O) groups is 1. The second-order valence-electron chi connectivity index (χ2n) is 3.38. The average Bonchev–Trinajstić information content (AvgIpc) is 2.23. The van der Waals surface area contributed by atoms with Crippen molar-refractivity contribution in [2.75, 3.05) is 0 Å². The Labute approximate surface area is 87.8 Å². The van der Waals surface area contributed by atoms with E-state index in [1.165, 1.54) is 0 Å². The molecule has 0 aromatic heterocycles. The first-order valence-corrected chi connectivity index (χ1v) is 5.09. The van der Waals surface area contributed by atoms with Crippen molar-refractivity contribution < 1.29 is 9.53 Å². The third kappa shape index (κ3) is 1.90. The molecule has 1 aliphatic heterocycles. The van der Waals surface area contributed by atoms with Crippen molar-refractivity contribution in [1.29, 1.82) is 0 Å². The Morgan fingerprint density at radius 3 is 2.71 bits per heavy atom. The fourth-order valence-corrected chi connectivity index (χ4v) is 1.91. The van der Waals surface area contributed by atoms with E-state index in [0.29, 0.717) is 12.8 Å². The average molecular weight is 211 g/mol. The van der Waals surface area contributed by atoms with Gasteiger partial charge in [0.1, 0.15) is 6.10 Å². The van der Waals surface area contributed by atoms with E-state index in [-0.39, 0.29) is 17.5 Å². The lowest BCUT2D eigenvalue weighted by molar-refractivity contribution is -0.153. The highest BCUT2D eigenvalue weighted by atomic mass is 35.5. The topological polar surface area (TPSA) is 26.3 Å². The summed E-state index contributed by atoms with van der Waals surface area (Å²) in [5.41, 5.74) is 0.973. The van der Waals surface area contributed by atoms with E-state index in [0.717, 1.165) is 5.56 Å². The fourth-order valence-electron chi connectivity index (χ4n) is 1.60. The van der Waals surface area contributed by atoms with Gasteiger partial charge in [-0.05, 0) is 12.0 Å². The van der Waals surface area contributed by atoms with E-state index in [9.17, 15) is 4.79 Å².